The summed E-state index contributed by atoms with van der Waals surface area (Å²) in [6, 6.07) is 0. The number of carbonyl (C=O) groups excluding carboxylic acids is 2. The fraction of sp³-hybridized carbons (Fsp3) is 0.714. The van der Waals surface area contributed by atoms with E-state index in [1.165, 1.54) is 14.2 Å². The molecule has 1 rings (SSSR count). The number of aliphatic hydroxyl groups excluding tert-OH is 1. The van der Waals surface area contributed by atoms with Gasteiger partial charge in [-0.2, -0.15) is 0 Å². The Labute approximate surface area is 113 Å². The van der Waals surface area contributed by atoms with Crippen molar-refractivity contribution >= 4 is 11.9 Å². The summed E-state index contributed by atoms with van der Waals surface area (Å²) in [6.07, 6.45) is 3.95. The average Bonchev–Trinajstić information content (AvgIpc) is 2.46. The lowest BCUT2D eigenvalue weighted by Crippen LogP contribution is -2.39. The summed E-state index contributed by atoms with van der Waals surface area (Å²) in [5, 5.41) is 10.4. The van der Waals surface area contributed by atoms with Crippen molar-refractivity contribution in [1.29, 1.82) is 0 Å². The molecular formula is C14H22O5. The predicted molar refractivity (Wildman–Crippen MR) is 69.2 cm³/mol. The molecular weight excluding hydrogens is 248 g/mol. The van der Waals surface area contributed by atoms with Gasteiger partial charge in [0.2, 0.25) is 0 Å². The van der Waals surface area contributed by atoms with Crippen molar-refractivity contribution in [3.05, 3.63) is 12.2 Å². The van der Waals surface area contributed by atoms with Crippen molar-refractivity contribution < 1.29 is 24.2 Å². The normalized spacial score (nSPS) is 19.3. The van der Waals surface area contributed by atoms with Crippen LogP contribution in [0.25, 0.3) is 0 Å². The van der Waals surface area contributed by atoms with Crippen molar-refractivity contribution in [1.82, 2.24) is 0 Å². The fourth-order valence-electron chi connectivity index (χ4n) is 2.62. The number of methoxy groups -OCH3 is 2. The quantitative estimate of drug-likeness (QED) is 0.604. The minimum Gasteiger partial charge on any atom is -0.468 e. The van der Waals surface area contributed by atoms with Gasteiger partial charge in [-0.25, -0.2) is 4.79 Å². The second-order valence-corrected chi connectivity index (χ2v) is 4.91. The summed E-state index contributed by atoms with van der Waals surface area (Å²) in [6.45, 7) is 3.58. The molecule has 108 valence electrons. The molecule has 0 aromatic heterocycles. The van der Waals surface area contributed by atoms with Gasteiger partial charge < -0.3 is 14.6 Å². The molecule has 0 aliphatic heterocycles. The topological polar surface area (TPSA) is 72.8 Å². The minimum absolute atomic E-state index is 0.000689. The SMILES string of the molecule is C=C(C(=O)OC)[C@@H](C(=O)OC)[C@H](O)C1CCCCC1. The van der Waals surface area contributed by atoms with Crippen LogP contribution in [0, 0.1) is 11.8 Å². The Kier molecular flexibility index (Phi) is 6.02. The maximum atomic E-state index is 11.8. The molecule has 2 atom stereocenters. The summed E-state index contributed by atoms with van der Waals surface area (Å²) >= 11 is 0. The molecule has 1 aliphatic carbocycles. The second kappa shape index (κ2) is 7.28. The smallest absolute Gasteiger partial charge is 0.334 e. The Bertz CT molecular complexity index is 344. The van der Waals surface area contributed by atoms with Crippen LogP contribution in [0.15, 0.2) is 12.2 Å². The highest BCUT2D eigenvalue weighted by atomic mass is 16.5. The zero-order chi connectivity index (χ0) is 14.4. The van der Waals surface area contributed by atoms with E-state index in [1.54, 1.807) is 0 Å². The van der Waals surface area contributed by atoms with Gasteiger partial charge in [0.15, 0.2) is 0 Å². The van der Waals surface area contributed by atoms with Crippen molar-refractivity contribution in [2.24, 2.45) is 11.8 Å². The Hall–Kier alpha value is -1.36. The first-order valence-electron chi connectivity index (χ1n) is 6.56. The lowest BCUT2D eigenvalue weighted by Gasteiger charge is -2.31. The van der Waals surface area contributed by atoms with Crippen LogP contribution in [-0.4, -0.2) is 37.4 Å². The maximum Gasteiger partial charge on any atom is 0.334 e. The monoisotopic (exact) mass is 270 g/mol. The van der Waals surface area contributed by atoms with Gasteiger partial charge in [0, 0.05) is 5.57 Å². The molecule has 19 heavy (non-hydrogen) atoms. The minimum atomic E-state index is -1.04. The highest BCUT2D eigenvalue weighted by Crippen LogP contribution is 2.32. The van der Waals surface area contributed by atoms with E-state index in [0.717, 1.165) is 32.1 Å². The third kappa shape index (κ3) is 3.80. The number of carbonyl (C=O) groups is 2. The van der Waals surface area contributed by atoms with Gasteiger partial charge in [-0.3, -0.25) is 4.79 Å². The largest absolute Gasteiger partial charge is 0.468 e. The van der Waals surface area contributed by atoms with Crippen molar-refractivity contribution in [3.8, 4) is 0 Å². The molecule has 1 N–H and O–H groups in total. The third-order valence-electron chi connectivity index (χ3n) is 3.75. The molecule has 0 aromatic carbocycles. The van der Waals surface area contributed by atoms with Gasteiger partial charge in [-0.05, 0) is 18.8 Å². The molecule has 0 heterocycles. The molecule has 5 heteroatoms. The van der Waals surface area contributed by atoms with Gasteiger partial charge in [0.1, 0.15) is 5.92 Å². The molecule has 0 bridgehead atoms. The first-order valence-corrected chi connectivity index (χ1v) is 6.56. The van der Waals surface area contributed by atoms with Crippen LogP contribution in [0.4, 0.5) is 0 Å². The first kappa shape index (κ1) is 15.7. The Morgan fingerprint density at radius 2 is 1.74 bits per heavy atom. The van der Waals surface area contributed by atoms with Crippen LogP contribution in [0.2, 0.25) is 0 Å². The Morgan fingerprint density at radius 1 is 1.16 bits per heavy atom. The van der Waals surface area contributed by atoms with Crippen LogP contribution < -0.4 is 0 Å². The van der Waals surface area contributed by atoms with Crippen LogP contribution in [0.5, 0.6) is 0 Å². The summed E-state index contributed by atoms with van der Waals surface area (Å²) < 4.78 is 9.24. The summed E-state index contributed by atoms with van der Waals surface area (Å²) in [5.74, 6) is -2.38. The van der Waals surface area contributed by atoms with E-state index in [4.69, 9.17) is 0 Å². The lowest BCUT2D eigenvalue weighted by molar-refractivity contribution is -0.152. The molecule has 1 fully saturated rings. The second-order valence-electron chi connectivity index (χ2n) is 4.91. The van der Waals surface area contributed by atoms with E-state index < -0.39 is 24.0 Å². The third-order valence-corrected chi connectivity index (χ3v) is 3.75. The zero-order valence-electron chi connectivity index (χ0n) is 11.6. The number of rotatable bonds is 5. The number of esters is 2. The van der Waals surface area contributed by atoms with Crippen molar-refractivity contribution in [2.75, 3.05) is 14.2 Å². The van der Waals surface area contributed by atoms with Crippen LogP contribution in [0.3, 0.4) is 0 Å². The number of hydrogen-bond donors (Lipinski definition) is 1. The lowest BCUT2D eigenvalue weighted by atomic mass is 9.78. The first-order chi connectivity index (χ1) is 9.02. The molecule has 0 radical (unpaired) electrons. The summed E-state index contributed by atoms with van der Waals surface area (Å²) in [7, 11) is 2.45. The maximum absolute atomic E-state index is 11.8. The standard InChI is InChI=1S/C14H22O5/c1-9(13(16)18-2)11(14(17)19-3)12(15)10-7-5-4-6-8-10/h10-12,15H,1,4-8H2,2-3H3/t11-,12-/m1/s1. The number of ether oxygens (including phenoxy) is 2. The van der Waals surface area contributed by atoms with Crippen molar-refractivity contribution in [3.63, 3.8) is 0 Å². The molecule has 1 saturated carbocycles. The molecule has 0 spiro atoms. The molecule has 1 aliphatic rings. The van der Waals surface area contributed by atoms with Crippen LogP contribution in [0.1, 0.15) is 32.1 Å². The Balaban J connectivity index is 2.86. The number of hydrogen-bond acceptors (Lipinski definition) is 5. The van der Waals surface area contributed by atoms with E-state index in [2.05, 4.69) is 16.1 Å². The highest BCUT2D eigenvalue weighted by molar-refractivity contribution is 5.95. The van der Waals surface area contributed by atoms with E-state index >= 15 is 0 Å². The molecule has 5 nitrogen and oxygen atoms in total. The van der Waals surface area contributed by atoms with E-state index in [-0.39, 0.29) is 11.5 Å². The van der Waals surface area contributed by atoms with Crippen molar-refractivity contribution in [2.45, 2.75) is 38.2 Å². The highest BCUT2D eigenvalue weighted by Gasteiger charge is 2.38. The molecule has 0 amide bonds. The van der Waals surface area contributed by atoms with Gasteiger partial charge in [-0.1, -0.05) is 25.8 Å². The number of aliphatic hydroxyl groups is 1. The summed E-state index contributed by atoms with van der Waals surface area (Å²) in [5.41, 5.74) is -0.0487. The van der Waals surface area contributed by atoms with E-state index in [1.807, 2.05) is 0 Å². The van der Waals surface area contributed by atoms with Gasteiger partial charge >= 0.3 is 11.9 Å². The van der Waals surface area contributed by atoms with Gasteiger partial charge in [0.25, 0.3) is 0 Å². The zero-order valence-corrected chi connectivity index (χ0v) is 11.6. The average molecular weight is 270 g/mol. The van der Waals surface area contributed by atoms with E-state index in [9.17, 15) is 14.7 Å². The molecule has 0 saturated heterocycles. The van der Waals surface area contributed by atoms with Gasteiger partial charge in [-0.15, -0.1) is 0 Å². The van der Waals surface area contributed by atoms with Crippen LogP contribution >= 0.6 is 0 Å². The predicted octanol–water partition coefficient (Wildman–Crippen LogP) is 1.45. The summed E-state index contributed by atoms with van der Waals surface area (Å²) in [4.78, 5) is 23.3. The Morgan fingerprint density at radius 3 is 2.21 bits per heavy atom. The fourth-order valence-corrected chi connectivity index (χ4v) is 2.62. The molecule has 0 aromatic rings. The van der Waals surface area contributed by atoms with E-state index in [0.29, 0.717) is 0 Å². The van der Waals surface area contributed by atoms with Crippen LogP contribution in [-0.2, 0) is 19.1 Å². The van der Waals surface area contributed by atoms with Gasteiger partial charge in [0.05, 0.1) is 20.3 Å². The molecule has 0 unspecified atom stereocenters.